The molecular formula is C36H66NO7P. The summed E-state index contributed by atoms with van der Waals surface area (Å²) >= 11 is 0. The van der Waals surface area contributed by atoms with Crippen LogP contribution in [0.2, 0.25) is 0 Å². The van der Waals surface area contributed by atoms with Crippen molar-refractivity contribution in [3.8, 4) is 0 Å². The molecule has 4 aliphatic carbocycles. The van der Waals surface area contributed by atoms with Gasteiger partial charge in [0.05, 0.1) is 27.7 Å². The Morgan fingerprint density at radius 3 is 2.40 bits per heavy atom. The monoisotopic (exact) mass is 655 g/mol. The average molecular weight is 656 g/mol. The van der Waals surface area contributed by atoms with E-state index in [-0.39, 0.29) is 42.6 Å². The molecule has 9 atom stereocenters. The Kier molecular flexibility index (Phi) is 13.4. The number of phosphoric ester groups is 1. The van der Waals surface area contributed by atoms with Crippen LogP contribution in [0.15, 0.2) is 11.6 Å². The maximum Gasteiger partial charge on any atom is 0.472 e. The molecule has 4 rings (SSSR count). The highest BCUT2D eigenvalue weighted by atomic mass is 31.2. The molecule has 3 saturated carbocycles. The summed E-state index contributed by atoms with van der Waals surface area (Å²) in [5.41, 5.74) is 2.26. The predicted molar refractivity (Wildman–Crippen MR) is 179 cm³/mol. The summed E-state index contributed by atoms with van der Waals surface area (Å²) in [4.78, 5) is 22.6. The molecule has 0 aliphatic heterocycles. The minimum Gasteiger partial charge on any atom is -0.870 e. The summed E-state index contributed by atoms with van der Waals surface area (Å²) in [7, 11) is 1.85. The largest absolute Gasteiger partial charge is 0.870 e. The first kappa shape index (κ1) is 38.7. The normalized spacial score (nSPS) is 34.9. The van der Waals surface area contributed by atoms with Gasteiger partial charge in [-0.2, -0.15) is 0 Å². The molecule has 0 aromatic heterocycles. The van der Waals surface area contributed by atoms with Crippen LogP contribution in [0.1, 0.15) is 118 Å². The number of ether oxygens (including phenoxy) is 1. The van der Waals surface area contributed by atoms with Crippen LogP contribution in [0.4, 0.5) is 0 Å². The van der Waals surface area contributed by atoms with Crippen molar-refractivity contribution in [1.82, 2.24) is 0 Å². The van der Waals surface area contributed by atoms with Gasteiger partial charge >= 0.3 is 13.8 Å². The molecule has 0 heterocycles. The van der Waals surface area contributed by atoms with E-state index in [0.29, 0.717) is 22.9 Å². The smallest absolute Gasteiger partial charge is 0.472 e. The van der Waals surface area contributed by atoms with Crippen LogP contribution in [-0.4, -0.2) is 67.8 Å². The van der Waals surface area contributed by atoms with Crippen molar-refractivity contribution in [2.24, 2.45) is 46.3 Å². The zero-order chi connectivity index (χ0) is 32.3. The van der Waals surface area contributed by atoms with E-state index >= 15 is 0 Å². The van der Waals surface area contributed by atoms with Crippen molar-refractivity contribution < 1.29 is 38.0 Å². The van der Waals surface area contributed by atoms with Crippen LogP contribution < -0.4 is 0 Å². The molecular weight excluding hydrogens is 589 g/mol. The minimum atomic E-state index is -4.11. The number of phosphoric acid groups is 1. The number of rotatable bonds is 15. The number of hydrogen-bond acceptors (Lipinski definition) is 6. The molecule has 4 aliphatic rings. The first-order valence-corrected chi connectivity index (χ1v) is 19.3. The highest BCUT2D eigenvalue weighted by Crippen LogP contribution is 2.67. The number of carbonyl (C=O) groups excluding carboxylic acids is 1. The molecule has 3 fully saturated rings. The number of quaternary nitrogens is 1. The van der Waals surface area contributed by atoms with Gasteiger partial charge in [0, 0.05) is 12.8 Å². The molecule has 2 N–H and O–H groups in total. The second-order valence-corrected chi connectivity index (χ2v) is 18.4. The van der Waals surface area contributed by atoms with Gasteiger partial charge < -0.3 is 19.6 Å². The van der Waals surface area contributed by atoms with E-state index in [0.717, 1.165) is 54.8 Å². The number of allylic oxidation sites excluding steroid dienone is 1. The van der Waals surface area contributed by atoms with Crippen LogP contribution in [0.5, 0.6) is 0 Å². The van der Waals surface area contributed by atoms with Gasteiger partial charge in [-0.15, -0.1) is 0 Å². The van der Waals surface area contributed by atoms with Crippen LogP contribution in [-0.2, 0) is 23.1 Å². The minimum absolute atomic E-state index is 0. The highest BCUT2D eigenvalue weighted by Gasteiger charge is 2.59. The third-order valence-electron chi connectivity index (χ3n) is 12.4. The molecule has 262 valence electrons. The Balaban J connectivity index is 0.00000552. The van der Waals surface area contributed by atoms with E-state index in [2.05, 4.69) is 40.7 Å². The van der Waals surface area contributed by atoms with Gasteiger partial charge in [-0.05, 0) is 97.7 Å². The van der Waals surface area contributed by atoms with Gasteiger partial charge in [-0.3, -0.25) is 13.8 Å². The first-order chi connectivity index (χ1) is 20.5. The van der Waals surface area contributed by atoms with Gasteiger partial charge in [-0.25, -0.2) is 4.57 Å². The lowest BCUT2D eigenvalue weighted by Gasteiger charge is -2.58. The van der Waals surface area contributed by atoms with Gasteiger partial charge in [0.2, 0.25) is 0 Å². The molecule has 8 nitrogen and oxygen atoms in total. The van der Waals surface area contributed by atoms with Gasteiger partial charge in [0.25, 0.3) is 0 Å². The second-order valence-electron chi connectivity index (χ2n) is 16.9. The third-order valence-corrected chi connectivity index (χ3v) is 13.4. The van der Waals surface area contributed by atoms with Crippen LogP contribution >= 0.6 is 7.82 Å². The summed E-state index contributed by atoms with van der Waals surface area (Å²) in [6, 6.07) is 0. The lowest BCUT2D eigenvalue weighted by Crippen LogP contribution is -2.51. The first-order valence-electron chi connectivity index (χ1n) is 17.9. The molecule has 9 heteroatoms. The fraction of sp³-hybridized carbons (Fsp3) is 0.917. The topological polar surface area (TPSA) is 112 Å². The van der Waals surface area contributed by atoms with Crippen molar-refractivity contribution in [2.75, 3.05) is 40.9 Å². The fourth-order valence-corrected chi connectivity index (χ4v) is 10.6. The standard InChI is InChI=1S/C36H64NO6P.H2O/c1-26(2)11-9-12-27(3)31-16-17-32-30-15-14-28-25-29(18-20-35(28,4)33(30)19-21-36(31,32)5)43-34(38)13-10-23-41-44(39,40)42-24-22-37(6,7)8;/h14,26-27,29-33H,9-13,15-25H2,1-8H3;1H2/t27-,29+,30+,31-,32+,33+,35+,36-;/m1./s1. The lowest BCUT2D eigenvalue weighted by molar-refractivity contribution is -0.870. The van der Waals surface area contributed by atoms with Gasteiger partial charge in [0.15, 0.2) is 0 Å². The van der Waals surface area contributed by atoms with E-state index in [9.17, 15) is 14.3 Å². The number of likely N-dealkylation sites (N-methyl/N-ethyl adjacent to an activating group) is 1. The molecule has 1 unspecified atom stereocenters. The van der Waals surface area contributed by atoms with Crippen molar-refractivity contribution in [3.63, 3.8) is 0 Å². The van der Waals surface area contributed by atoms with Crippen molar-refractivity contribution >= 4 is 13.8 Å². The number of carbonyl (C=O) groups is 1. The van der Waals surface area contributed by atoms with E-state index in [1.165, 1.54) is 56.9 Å². The second kappa shape index (κ2) is 15.6. The molecule has 0 radical (unpaired) electrons. The maximum absolute atomic E-state index is 12.7. The highest BCUT2D eigenvalue weighted by molar-refractivity contribution is 7.47. The molecule has 0 spiro atoms. The van der Waals surface area contributed by atoms with Gasteiger partial charge in [0.1, 0.15) is 19.3 Å². The lowest BCUT2D eigenvalue weighted by atomic mass is 9.47. The number of hydrogen-bond donors (Lipinski definition) is 1. The predicted octanol–water partition coefficient (Wildman–Crippen LogP) is 8.38. The Hall–Kier alpha value is -0.760. The van der Waals surface area contributed by atoms with Crippen LogP contribution in [0.25, 0.3) is 0 Å². The number of esters is 1. The third kappa shape index (κ3) is 9.66. The molecule has 0 aromatic carbocycles. The van der Waals surface area contributed by atoms with E-state index in [1.54, 1.807) is 0 Å². The Labute approximate surface area is 274 Å². The summed E-state index contributed by atoms with van der Waals surface area (Å²) < 4.78 is 28.8. The maximum atomic E-state index is 12.7. The SMILES string of the molecule is CC(C)CCC[C@@H](C)[C@H]1CC[C@H]2[C@@H]3CC=C4C[C@@H](OC(=O)CCCOP(=O)(O)OCC[N+](C)(C)C)CC[C@]4(C)[C@H]3CC[C@]12C.[OH-]. The zero-order valence-electron chi connectivity index (χ0n) is 29.8. The van der Waals surface area contributed by atoms with E-state index in [4.69, 9.17) is 13.8 Å². The Morgan fingerprint density at radius 2 is 1.71 bits per heavy atom. The molecule has 0 amide bonds. The number of nitrogens with zero attached hydrogens (tertiary/aromatic N) is 1. The van der Waals surface area contributed by atoms with Gasteiger partial charge in [-0.1, -0.05) is 65.5 Å². The Bertz CT molecular complexity index is 1060. The molecule has 0 saturated heterocycles. The molecule has 0 aromatic rings. The van der Waals surface area contributed by atoms with Crippen LogP contribution in [0, 0.1) is 46.3 Å². The van der Waals surface area contributed by atoms with Crippen molar-refractivity contribution in [3.05, 3.63) is 11.6 Å². The number of fused-ring (bicyclic) bond motifs is 5. The zero-order valence-corrected chi connectivity index (χ0v) is 30.7. The molecule has 0 bridgehead atoms. The summed E-state index contributed by atoms with van der Waals surface area (Å²) in [5.74, 6) is 4.68. The summed E-state index contributed by atoms with van der Waals surface area (Å²) in [6.07, 6.45) is 16.7. The Morgan fingerprint density at radius 1 is 1.00 bits per heavy atom. The van der Waals surface area contributed by atoms with Crippen molar-refractivity contribution in [1.29, 1.82) is 0 Å². The van der Waals surface area contributed by atoms with Crippen molar-refractivity contribution in [2.45, 2.75) is 124 Å². The van der Waals surface area contributed by atoms with Crippen LogP contribution in [0.3, 0.4) is 0 Å². The quantitative estimate of drug-likeness (QED) is 0.0620. The summed E-state index contributed by atoms with van der Waals surface area (Å²) in [6.45, 7) is 13.1. The molecule has 45 heavy (non-hydrogen) atoms. The van der Waals surface area contributed by atoms with E-state index in [1.807, 2.05) is 21.1 Å². The summed E-state index contributed by atoms with van der Waals surface area (Å²) in [5, 5.41) is 0. The average Bonchev–Trinajstić information content (AvgIpc) is 3.27. The van der Waals surface area contributed by atoms with E-state index < -0.39 is 7.82 Å². The fourth-order valence-electron chi connectivity index (χ4n) is 9.86.